The van der Waals surface area contributed by atoms with E-state index >= 15 is 0 Å². The van der Waals surface area contributed by atoms with Crippen molar-refractivity contribution in [2.75, 3.05) is 19.6 Å². The third-order valence-electron chi connectivity index (χ3n) is 4.16. The largest absolute Gasteiger partial charge is 0.352 e. The fraction of sp³-hybridized carbons (Fsp3) is 0.438. The minimum Gasteiger partial charge on any atom is -0.352 e. The maximum atomic E-state index is 12.3. The van der Waals surface area contributed by atoms with Crippen molar-refractivity contribution in [1.29, 1.82) is 0 Å². The molecule has 0 aromatic heterocycles. The standard InChI is InChI=1S/C16H18BrN3O3/c17-10-3-4-12-13(8-10)16(23)20(15(12)22)7-5-14(21)19-11-2-1-6-18-9-11/h3-4,8,11,18H,1-2,5-7,9H2,(H,19,21)/t11-/m0/s1. The quantitative estimate of drug-likeness (QED) is 0.772. The van der Waals surface area contributed by atoms with Gasteiger partial charge in [0.05, 0.1) is 11.1 Å². The lowest BCUT2D eigenvalue weighted by molar-refractivity contribution is -0.122. The highest BCUT2D eigenvalue weighted by molar-refractivity contribution is 9.10. The summed E-state index contributed by atoms with van der Waals surface area (Å²) < 4.78 is 0.752. The summed E-state index contributed by atoms with van der Waals surface area (Å²) in [4.78, 5) is 37.7. The molecule has 23 heavy (non-hydrogen) atoms. The van der Waals surface area contributed by atoms with E-state index < -0.39 is 0 Å². The van der Waals surface area contributed by atoms with Crippen molar-refractivity contribution in [2.45, 2.75) is 25.3 Å². The van der Waals surface area contributed by atoms with Crippen LogP contribution in [0.25, 0.3) is 0 Å². The topological polar surface area (TPSA) is 78.5 Å². The molecule has 0 unspecified atom stereocenters. The Labute approximate surface area is 142 Å². The fourth-order valence-electron chi connectivity index (χ4n) is 2.95. The predicted octanol–water partition coefficient (Wildman–Crippen LogP) is 1.30. The molecule has 2 N–H and O–H groups in total. The third kappa shape index (κ3) is 3.45. The number of piperidine rings is 1. The molecule has 6 nitrogen and oxygen atoms in total. The molecule has 3 amide bonds. The molecular weight excluding hydrogens is 362 g/mol. The molecule has 0 saturated carbocycles. The van der Waals surface area contributed by atoms with E-state index in [2.05, 4.69) is 26.6 Å². The van der Waals surface area contributed by atoms with Crippen LogP contribution in [0.5, 0.6) is 0 Å². The van der Waals surface area contributed by atoms with Crippen LogP contribution in [0.1, 0.15) is 40.0 Å². The first kappa shape index (κ1) is 16.1. The number of imide groups is 1. The maximum absolute atomic E-state index is 12.3. The summed E-state index contributed by atoms with van der Waals surface area (Å²) in [6, 6.07) is 5.14. The molecule has 2 aliphatic heterocycles. The number of carbonyl (C=O) groups is 3. The van der Waals surface area contributed by atoms with E-state index in [4.69, 9.17) is 0 Å². The number of nitrogens with zero attached hydrogens (tertiary/aromatic N) is 1. The van der Waals surface area contributed by atoms with Gasteiger partial charge in [0.2, 0.25) is 5.91 Å². The Morgan fingerprint density at radius 1 is 1.30 bits per heavy atom. The second-order valence-electron chi connectivity index (χ2n) is 5.81. The summed E-state index contributed by atoms with van der Waals surface area (Å²) in [5.41, 5.74) is 0.788. The number of hydrogen-bond acceptors (Lipinski definition) is 4. The lowest BCUT2D eigenvalue weighted by atomic mass is 10.1. The molecule has 7 heteroatoms. The summed E-state index contributed by atoms with van der Waals surface area (Å²) in [7, 11) is 0. The average molecular weight is 380 g/mol. The van der Waals surface area contributed by atoms with Gasteiger partial charge in [0.1, 0.15) is 0 Å². The SMILES string of the molecule is O=C(CCN1C(=O)c2ccc(Br)cc2C1=O)N[C@H]1CCCNC1. The molecule has 0 spiro atoms. The second kappa shape index (κ2) is 6.80. The highest BCUT2D eigenvalue weighted by Gasteiger charge is 2.35. The van der Waals surface area contributed by atoms with Gasteiger partial charge in [-0.1, -0.05) is 15.9 Å². The van der Waals surface area contributed by atoms with Crippen LogP contribution in [0, 0.1) is 0 Å². The summed E-state index contributed by atoms with van der Waals surface area (Å²) in [5, 5.41) is 6.18. The zero-order chi connectivity index (χ0) is 16.4. The lowest BCUT2D eigenvalue weighted by Crippen LogP contribution is -2.46. The number of carbonyl (C=O) groups excluding carboxylic acids is 3. The van der Waals surface area contributed by atoms with Gasteiger partial charge in [-0.2, -0.15) is 0 Å². The van der Waals surface area contributed by atoms with E-state index in [0.29, 0.717) is 11.1 Å². The molecule has 2 heterocycles. The van der Waals surface area contributed by atoms with Crippen molar-refractivity contribution < 1.29 is 14.4 Å². The molecule has 0 bridgehead atoms. The van der Waals surface area contributed by atoms with Crippen molar-refractivity contribution in [2.24, 2.45) is 0 Å². The van der Waals surface area contributed by atoms with Gasteiger partial charge in [-0.15, -0.1) is 0 Å². The molecule has 1 aromatic rings. The van der Waals surface area contributed by atoms with Gasteiger partial charge in [-0.3, -0.25) is 19.3 Å². The first-order chi connectivity index (χ1) is 11.1. The summed E-state index contributed by atoms with van der Waals surface area (Å²) in [6.07, 6.45) is 2.13. The van der Waals surface area contributed by atoms with Crippen LogP contribution in [0.2, 0.25) is 0 Å². The molecule has 1 atom stereocenters. The lowest BCUT2D eigenvalue weighted by Gasteiger charge is -2.24. The maximum Gasteiger partial charge on any atom is 0.261 e. The van der Waals surface area contributed by atoms with E-state index in [1.54, 1.807) is 18.2 Å². The minimum absolute atomic E-state index is 0.107. The van der Waals surface area contributed by atoms with Gasteiger partial charge in [-0.05, 0) is 37.6 Å². The Morgan fingerprint density at radius 3 is 2.83 bits per heavy atom. The van der Waals surface area contributed by atoms with Gasteiger partial charge < -0.3 is 10.6 Å². The Kier molecular flexibility index (Phi) is 4.77. The Bertz CT molecular complexity index is 656. The van der Waals surface area contributed by atoms with Crippen molar-refractivity contribution in [3.05, 3.63) is 33.8 Å². The smallest absolute Gasteiger partial charge is 0.261 e. The van der Waals surface area contributed by atoms with Crippen LogP contribution >= 0.6 is 15.9 Å². The molecule has 2 aliphatic rings. The van der Waals surface area contributed by atoms with E-state index in [1.165, 1.54) is 0 Å². The molecule has 1 saturated heterocycles. The minimum atomic E-state index is -0.335. The van der Waals surface area contributed by atoms with Crippen molar-refractivity contribution >= 4 is 33.7 Å². The van der Waals surface area contributed by atoms with Crippen molar-refractivity contribution in [3.63, 3.8) is 0 Å². The number of hydrogen-bond donors (Lipinski definition) is 2. The van der Waals surface area contributed by atoms with Crippen molar-refractivity contribution in [1.82, 2.24) is 15.5 Å². The Morgan fingerprint density at radius 2 is 2.09 bits per heavy atom. The van der Waals surface area contributed by atoms with Gasteiger partial charge in [-0.25, -0.2) is 0 Å². The Hall–Kier alpha value is -1.73. The van der Waals surface area contributed by atoms with Crippen LogP contribution in [0.4, 0.5) is 0 Å². The first-order valence-corrected chi connectivity index (χ1v) is 8.51. The van der Waals surface area contributed by atoms with Gasteiger partial charge in [0.25, 0.3) is 11.8 Å². The fourth-order valence-corrected chi connectivity index (χ4v) is 3.32. The zero-order valence-corrected chi connectivity index (χ0v) is 14.2. The van der Waals surface area contributed by atoms with E-state index in [0.717, 1.165) is 35.3 Å². The third-order valence-corrected chi connectivity index (χ3v) is 4.65. The van der Waals surface area contributed by atoms with E-state index in [9.17, 15) is 14.4 Å². The highest BCUT2D eigenvalue weighted by Crippen LogP contribution is 2.26. The van der Waals surface area contributed by atoms with Gasteiger partial charge in [0.15, 0.2) is 0 Å². The van der Waals surface area contributed by atoms with E-state index in [-0.39, 0.29) is 36.7 Å². The second-order valence-corrected chi connectivity index (χ2v) is 6.73. The molecule has 0 aliphatic carbocycles. The number of rotatable bonds is 4. The summed E-state index contributed by atoms with van der Waals surface area (Å²) in [5.74, 6) is -0.792. The predicted molar refractivity (Wildman–Crippen MR) is 88.2 cm³/mol. The van der Waals surface area contributed by atoms with Crippen molar-refractivity contribution in [3.8, 4) is 0 Å². The summed E-state index contributed by atoms with van der Waals surface area (Å²) >= 11 is 3.30. The number of benzene rings is 1. The van der Waals surface area contributed by atoms with Gasteiger partial charge >= 0.3 is 0 Å². The molecule has 1 fully saturated rings. The number of nitrogens with one attached hydrogen (secondary N) is 2. The van der Waals surface area contributed by atoms with Gasteiger partial charge in [0, 0.05) is 30.0 Å². The monoisotopic (exact) mass is 379 g/mol. The van der Waals surface area contributed by atoms with Crippen LogP contribution < -0.4 is 10.6 Å². The zero-order valence-electron chi connectivity index (χ0n) is 12.6. The number of halogens is 1. The normalized spacial score (nSPS) is 20.6. The van der Waals surface area contributed by atoms with Crippen LogP contribution in [-0.4, -0.2) is 48.3 Å². The molecule has 0 radical (unpaired) electrons. The molecular formula is C16H18BrN3O3. The molecule has 122 valence electrons. The summed E-state index contributed by atoms with van der Waals surface area (Å²) in [6.45, 7) is 1.86. The number of amides is 3. The van der Waals surface area contributed by atoms with Crippen LogP contribution in [0.3, 0.4) is 0 Å². The van der Waals surface area contributed by atoms with Crippen LogP contribution in [0.15, 0.2) is 22.7 Å². The first-order valence-electron chi connectivity index (χ1n) is 7.72. The Balaban J connectivity index is 1.57. The molecule has 3 rings (SSSR count). The van der Waals surface area contributed by atoms with Crippen LogP contribution in [-0.2, 0) is 4.79 Å². The van der Waals surface area contributed by atoms with E-state index in [1.807, 2.05) is 0 Å². The molecule has 1 aromatic carbocycles. The number of fused-ring (bicyclic) bond motifs is 1. The average Bonchev–Trinajstić information content (AvgIpc) is 2.77. The highest BCUT2D eigenvalue weighted by atomic mass is 79.9.